The van der Waals surface area contributed by atoms with Gasteiger partial charge in [-0.1, -0.05) is 22.0 Å². The summed E-state index contributed by atoms with van der Waals surface area (Å²) in [6.45, 7) is 0. The summed E-state index contributed by atoms with van der Waals surface area (Å²) in [5.74, 6) is -1.71. The van der Waals surface area contributed by atoms with Gasteiger partial charge in [0.1, 0.15) is 17.5 Å². The van der Waals surface area contributed by atoms with Crippen molar-refractivity contribution in [3.63, 3.8) is 0 Å². The van der Waals surface area contributed by atoms with E-state index in [1.807, 2.05) is 0 Å². The van der Waals surface area contributed by atoms with Crippen LogP contribution in [-0.4, -0.2) is 7.05 Å². The average molecular weight is 409 g/mol. The summed E-state index contributed by atoms with van der Waals surface area (Å²) in [6.07, 6.45) is 0. The molecule has 106 valence electrons. The summed E-state index contributed by atoms with van der Waals surface area (Å²) < 4.78 is 42.2. The van der Waals surface area contributed by atoms with Gasteiger partial charge >= 0.3 is 0 Å². The second-order valence-electron chi connectivity index (χ2n) is 4.18. The van der Waals surface area contributed by atoms with Crippen LogP contribution in [0.3, 0.4) is 0 Å². The molecule has 20 heavy (non-hydrogen) atoms. The Kier molecular flexibility index (Phi) is 4.88. The van der Waals surface area contributed by atoms with E-state index in [2.05, 4.69) is 37.2 Å². The van der Waals surface area contributed by atoms with Crippen molar-refractivity contribution < 1.29 is 13.2 Å². The minimum atomic E-state index is -0.773. The van der Waals surface area contributed by atoms with Crippen LogP contribution in [0.1, 0.15) is 17.2 Å². The van der Waals surface area contributed by atoms with Gasteiger partial charge in [0.2, 0.25) is 0 Å². The number of rotatable bonds is 3. The van der Waals surface area contributed by atoms with E-state index in [-0.39, 0.29) is 15.6 Å². The van der Waals surface area contributed by atoms with Crippen molar-refractivity contribution in [3.05, 3.63) is 67.9 Å². The quantitative estimate of drug-likeness (QED) is 0.709. The van der Waals surface area contributed by atoms with E-state index in [1.54, 1.807) is 13.1 Å². The Hall–Kier alpha value is -0.850. The molecule has 6 heteroatoms. The van der Waals surface area contributed by atoms with Gasteiger partial charge in [0.05, 0.1) is 10.5 Å². The number of nitrogens with one attached hydrogen (secondary N) is 1. The maximum atomic E-state index is 14.0. The Bertz CT molecular complexity index is 647. The summed E-state index contributed by atoms with van der Waals surface area (Å²) in [5, 5.41) is 2.81. The van der Waals surface area contributed by atoms with E-state index in [9.17, 15) is 13.2 Å². The number of halogens is 5. The van der Waals surface area contributed by atoms with E-state index in [0.717, 1.165) is 12.1 Å². The van der Waals surface area contributed by atoms with Crippen LogP contribution in [0.2, 0.25) is 0 Å². The summed E-state index contributed by atoms with van der Waals surface area (Å²) in [6, 6.07) is 5.78. The fourth-order valence-electron chi connectivity index (χ4n) is 1.97. The fraction of sp³-hybridized carbons (Fsp3) is 0.143. The van der Waals surface area contributed by atoms with Gasteiger partial charge in [0.15, 0.2) is 0 Å². The van der Waals surface area contributed by atoms with E-state index < -0.39 is 23.5 Å². The first-order chi connectivity index (χ1) is 9.43. The molecule has 0 aromatic heterocycles. The second-order valence-corrected chi connectivity index (χ2v) is 5.95. The van der Waals surface area contributed by atoms with E-state index >= 15 is 0 Å². The van der Waals surface area contributed by atoms with Crippen LogP contribution in [0.15, 0.2) is 39.3 Å². The lowest BCUT2D eigenvalue weighted by atomic mass is 9.98. The van der Waals surface area contributed by atoms with Crippen molar-refractivity contribution in [2.45, 2.75) is 6.04 Å². The Morgan fingerprint density at radius 2 is 1.55 bits per heavy atom. The summed E-state index contributed by atoms with van der Waals surface area (Å²) in [4.78, 5) is 0. The molecule has 0 saturated carbocycles. The van der Waals surface area contributed by atoms with Gasteiger partial charge in [0.25, 0.3) is 0 Å². The van der Waals surface area contributed by atoms with Crippen LogP contribution < -0.4 is 5.32 Å². The third-order valence-electron chi connectivity index (χ3n) is 2.91. The monoisotopic (exact) mass is 407 g/mol. The van der Waals surface area contributed by atoms with Gasteiger partial charge in [0, 0.05) is 15.6 Å². The van der Waals surface area contributed by atoms with Gasteiger partial charge in [-0.05, 0) is 47.2 Å². The van der Waals surface area contributed by atoms with Crippen LogP contribution in [0.25, 0.3) is 0 Å². The summed E-state index contributed by atoms with van der Waals surface area (Å²) in [5.41, 5.74) is 0.297. The van der Waals surface area contributed by atoms with E-state index in [4.69, 9.17) is 0 Å². The standard InChI is InChI=1S/C14H10Br2F3N/c1-20-14(8-3-2-7(15)4-11(8)17)9-5-13(19)10(16)6-12(9)18/h2-6,14,20H,1H3. The lowest BCUT2D eigenvalue weighted by Crippen LogP contribution is -2.20. The average Bonchev–Trinajstić information content (AvgIpc) is 2.38. The minimum absolute atomic E-state index is 0.0323. The molecule has 0 aliphatic carbocycles. The topological polar surface area (TPSA) is 12.0 Å². The maximum absolute atomic E-state index is 14.0. The Morgan fingerprint density at radius 1 is 0.900 bits per heavy atom. The maximum Gasteiger partial charge on any atom is 0.137 e. The van der Waals surface area contributed by atoms with Gasteiger partial charge in [-0.2, -0.15) is 0 Å². The number of hydrogen-bond donors (Lipinski definition) is 1. The molecule has 0 bridgehead atoms. The summed E-state index contributed by atoms with van der Waals surface area (Å²) >= 11 is 6.07. The molecule has 2 aromatic rings. The molecule has 2 rings (SSSR count). The normalized spacial score (nSPS) is 12.5. The molecule has 1 atom stereocenters. The van der Waals surface area contributed by atoms with E-state index in [1.165, 1.54) is 12.1 Å². The molecule has 0 saturated heterocycles. The highest BCUT2D eigenvalue weighted by Crippen LogP contribution is 2.30. The SMILES string of the molecule is CNC(c1ccc(Br)cc1F)c1cc(F)c(Br)cc1F. The first-order valence-corrected chi connectivity index (χ1v) is 7.29. The molecule has 0 heterocycles. The van der Waals surface area contributed by atoms with Crippen LogP contribution in [0, 0.1) is 17.5 Å². The molecule has 0 spiro atoms. The highest BCUT2D eigenvalue weighted by molar-refractivity contribution is 9.10. The predicted molar refractivity (Wildman–Crippen MR) is 79.1 cm³/mol. The van der Waals surface area contributed by atoms with Crippen LogP contribution in [-0.2, 0) is 0 Å². The Labute approximate surface area is 131 Å². The highest BCUT2D eigenvalue weighted by Gasteiger charge is 2.21. The van der Waals surface area contributed by atoms with Gasteiger partial charge in [-0.3, -0.25) is 0 Å². The van der Waals surface area contributed by atoms with Crippen molar-refractivity contribution in [1.82, 2.24) is 5.32 Å². The lowest BCUT2D eigenvalue weighted by Gasteiger charge is -2.19. The van der Waals surface area contributed by atoms with Crippen molar-refractivity contribution in [2.24, 2.45) is 0 Å². The molecule has 0 amide bonds. The van der Waals surface area contributed by atoms with Crippen LogP contribution >= 0.6 is 31.9 Å². The Morgan fingerprint density at radius 3 is 2.15 bits per heavy atom. The van der Waals surface area contributed by atoms with Gasteiger partial charge in [-0.25, -0.2) is 13.2 Å². The molecule has 1 N–H and O–H groups in total. The first-order valence-electron chi connectivity index (χ1n) is 5.70. The second kappa shape index (κ2) is 6.28. The largest absolute Gasteiger partial charge is 0.309 e. The zero-order valence-electron chi connectivity index (χ0n) is 10.4. The van der Waals surface area contributed by atoms with Crippen molar-refractivity contribution in [1.29, 1.82) is 0 Å². The zero-order valence-corrected chi connectivity index (χ0v) is 13.5. The number of hydrogen-bond acceptors (Lipinski definition) is 1. The molecule has 0 aliphatic rings. The summed E-state index contributed by atoms with van der Waals surface area (Å²) in [7, 11) is 1.56. The molecular formula is C14H10Br2F3N. The van der Waals surface area contributed by atoms with Crippen LogP contribution in [0.5, 0.6) is 0 Å². The third-order valence-corrected chi connectivity index (χ3v) is 4.01. The minimum Gasteiger partial charge on any atom is -0.309 e. The fourth-order valence-corrected chi connectivity index (χ4v) is 2.62. The van der Waals surface area contributed by atoms with Crippen molar-refractivity contribution in [3.8, 4) is 0 Å². The molecule has 2 aromatic carbocycles. The first kappa shape index (κ1) is 15.5. The van der Waals surface area contributed by atoms with Gasteiger partial charge < -0.3 is 5.32 Å². The third kappa shape index (κ3) is 3.07. The zero-order chi connectivity index (χ0) is 14.9. The molecule has 1 unspecified atom stereocenters. The smallest absolute Gasteiger partial charge is 0.137 e. The van der Waals surface area contributed by atoms with Crippen LogP contribution in [0.4, 0.5) is 13.2 Å². The number of benzene rings is 2. The van der Waals surface area contributed by atoms with Gasteiger partial charge in [-0.15, -0.1) is 0 Å². The Balaban J connectivity index is 2.55. The van der Waals surface area contributed by atoms with Crippen molar-refractivity contribution in [2.75, 3.05) is 7.05 Å². The highest BCUT2D eigenvalue weighted by atomic mass is 79.9. The lowest BCUT2D eigenvalue weighted by molar-refractivity contribution is 0.535. The molecule has 0 radical (unpaired) electrons. The molecule has 0 fully saturated rings. The molecule has 1 nitrogen and oxygen atoms in total. The van der Waals surface area contributed by atoms with E-state index in [0.29, 0.717) is 4.47 Å². The molecular weight excluding hydrogens is 399 g/mol. The molecule has 0 aliphatic heterocycles. The van der Waals surface area contributed by atoms with Crippen molar-refractivity contribution >= 4 is 31.9 Å². The predicted octanol–water partition coefficient (Wildman–Crippen LogP) is 4.94.